The molecule has 6 heteroatoms. The van der Waals surface area contributed by atoms with Gasteiger partial charge in [-0.1, -0.05) is 0 Å². The highest BCUT2D eigenvalue weighted by molar-refractivity contribution is 5.80. The second-order valence-corrected chi connectivity index (χ2v) is 6.62. The lowest BCUT2D eigenvalue weighted by Crippen LogP contribution is -2.47. The van der Waals surface area contributed by atoms with E-state index in [9.17, 15) is 0 Å². The van der Waals surface area contributed by atoms with Gasteiger partial charge in [0, 0.05) is 25.3 Å². The number of aliphatic imine (C=N–C) groups is 1. The zero-order valence-corrected chi connectivity index (χ0v) is 14.5. The van der Waals surface area contributed by atoms with E-state index in [1.54, 1.807) is 0 Å². The number of aromatic nitrogens is 2. The highest BCUT2D eigenvalue weighted by Gasteiger charge is 2.41. The van der Waals surface area contributed by atoms with Crippen molar-refractivity contribution in [2.24, 2.45) is 4.99 Å². The van der Waals surface area contributed by atoms with Crippen LogP contribution in [0.25, 0.3) is 0 Å². The quantitative estimate of drug-likeness (QED) is 0.476. The summed E-state index contributed by atoms with van der Waals surface area (Å²) in [5.74, 6) is 0.919. The molecule has 23 heavy (non-hydrogen) atoms. The Morgan fingerprint density at radius 2 is 2.30 bits per heavy atom. The van der Waals surface area contributed by atoms with Crippen LogP contribution in [0.1, 0.15) is 44.0 Å². The van der Waals surface area contributed by atoms with Gasteiger partial charge in [-0.15, -0.1) is 0 Å². The Balaban J connectivity index is 1.47. The number of hydrogen-bond acceptors (Lipinski definition) is 3. The van der Waals surface area contributed by atoms with Crippen molar-refractivity contribution in [3.63, 3.8) is 0 Å². The van der Waals surface area contributed by atoms with Crippen LogP contribution in [0, 0.1) is 13.8 Å². The van der Waals surface area contributed by atoms with Gasteiger partial charge in [-0.3, -0.25) is 9.67 Å². The van der Waals surface area contributed by atoms with Crippen molar-refractivity contribution in [1.82, 2.24) is 20.4 Å². The van der Waals surface area contributed by atoms with Gasteiger partial charge >= 0.3 is 0 Å². The van der Waals surface area contributed by atoms with Crippen molar-refractivity contribution < 1.29 is 4.74 Å². The number of rotatable bonds is 6. The minimum absolute atomic E-state index is 0.374. The van der Waals surface area contributed by atoms with Crippen molar-refractivity contribution >= 4 is 5.96 Å². The van der Waals surface area contributed by atoms with Gasteiger partial charge in [-0.2, -0.15) is 5.10 Å². The third-order valence-electron chi connectivity index (χ3n) is 4.67. The van der Waals surface area contributed by atoms with Crippen molar-refractivity contribution in [1.29, 1.82) is 0 Å². The Bertz CT molecular complexity index is 553. The number of hydrogen-bond donors (Lipinski definition) is 2. The van der Waals surface area contributed by atoms with Crippen LogP contribution in [0.5, 0.6) is 0 Å². The fourth-order valence-corrected chi connectivity index (χ4v) is 3.60. The van der Waals surface area contributed by atoms with Gasteiger partial charge in [0.2, 0.25) is 0 Å². The summed E-state index contributed by atoms with van der Waals surface area (Å²) < 4.78 is 7.97. The summed E-state index contributed by atoms with van der Waals surface area (Å²) in [7, 11) is 0. The molecule has 3 atom stereocenters. The maximum absolute atomic E-state index is 5.91. The minimum atomic E-state index is 0.374. The topological polar surface area (TPSA) is 63.5 Å². The molecule has 3 heterocycles. The molecule has 3 unspecified atom stereocenters. The first-order valence-corrected chi connectivity index (χ1v) is 8.87. The highest BCUT2D eigenvalue weighted by atomic mass is 16.5. The van der Waals surface area contributed by atoms with Gasteiger partial charge in [0.1, 0.15) is 0 Å². The molecule has 2 fully saturated rings. The average Bonchev–Trinajstić information content (AvgIpc) is 3.20. The van der Waals surface area contributed by atoms with Crippen LogP contribution in [0.4, 0.5) is 0 Å². The van der Waals surface area contributed by atoms with E-state index in [-0.39, 0.29) is 0 Å². The van der Waals surface area contributed by atoms with Crippen LogP contribution in [0.2, 0.25) is 0 Å². The number of guanidine groups is 1. The third-order valence-corrected chi connectivity index (χ3v) is 4.67. The molecule has 2 saturated heterocycles. The number of nitrogens with one attached hydrogen (secondary N) is 2. The lowest BCUT2D eigenvalue weighted by Gasteiger charge is -2.22. The van der Waals surface area contributed by atoms with Crippen LogP contribution in [0.15, 0.2) is 11.1 Å². The minimum Gasteiger partial charge on any atom is -0.373 e. The molecular formula is C17H29N5O. The number of nitrogens with zero attached hydrogens (tertiary/aromatic N) is 3. The van der Waals surface area contributed by atoms with Crippen LogP contribution in [0.3, 0.4) is 0 Å². The highest BCUT2D eigenvalue weighted by Crippen LogP contribution is 2.34. The normalized spacial score (nSPS) is 26.7. The molecule has 1 aromatic rings. The Kier molecular flexibility index (Phi) is 5.20. The molecule has 3 rings (SSSR count). The zero-order chi connectivity index (χ0) is 16.2. The van der Waals surface area contributed by atoms with E-state index in [1.807, 2.05) is 6.92 Å². The van der Waals surface area contributed by atoms with E-state index < -0.39 is 0 Å². The predicted octanol–water partition coefficient (Wildman–Crippen LogP) is 1.77. The van der Waals surface area contributed by atoms with Crippen LogP contribution in [-0.4, -0.2) is 47.1 Å². The Hall–Kier alpha value is -1.56. The zero-order valence-electron chi connectivity index (χ0n) is 14.5. The molecule has 0 spiro atoms. The number of fused-ring (bicyclic) bond motifs is 2. The lowest BCUT2D eigenvalue weighted by molar-refractivity contribution is 0.0992. The van der Waals surface area contributed by atoms with Crippen molar-refractivity contribution in [3.8, 4) is 0 Å². The first-order chi connectivity index (χ1) is 11.2. The summed E-state index contributed by atoms with van der Waals surface area (Å²) in [4.78, 5) is 4.71. The molecule has 6 nitrogen and oxygen atoms in total. The van der Waals surface area contributed by atoms with E-state index in [4.69, 9.17) is 9.73 Å². The van der Waals surface area contributed by atoms with Crippen LogP contribution >= 0.6 is 0 Å². The monoisotopic (exact) mass is 319 g/mol. The first kappa shape index (κ1) is 16.3. The molecule has 0 saturated carbocycles. The average molecular weight is 319 g/mol. The Morgan fingerprint density at radius 1 is 1.43 bits per heavy atom. The largest absolute Gasteiger partial charge is 0.373 e. The van der Waals surface area contributed by atoms with Gasteiger partial charge < -0.3 is 15.4 Å². The second-order valence-electron chi connectivity index (χ2n) is 6.62. The lowest BCUT2D eigenvalue weighted by atomic mass is 9.96. The fraction of sp³-hybridized carbons (Fsp3) is 0.765. The summed E-state index contributed by atoms with van der Waals surface area (Å²) in [6, 6.07) is 2.53. The van der Waals surface area contributed by atoms with E-state index >= 15 is 0 Å². The van der Waals surface area contributed by atoms with Crippen LogP contribution < -0.4 is 10.6 Å². The van der Waals surface area contributed by atoms with E-state index in [0.717, 1.165) is 44.1 Å². The first-order valence-electron chi connectivity index (χ1n) is 8.87. The molecule has 0 amide bonds. The van der Waals surface area contributed by atoms with E-state index in [0.29, 0.717) is 18.2 Å². The maximum atomic E-state index is 5.91. The van der Waals surface area contributed by atoms with Gasteiger partial charge in [-0.25, -0.2) is 0 Å². The Labute approximate surface area is 138 Å². The summed E-state index contributed by atoms with van der Waals surface area (Å²) in [5.41, 5.74) is 2.30. The molecule has 2 aliphatic heterocycles. The number of aryl methyl sites for hydroxylation is 3. The second kappa shape index (κ2) is 7.34. The van der Waals surface area contributed by atoms with Gasteiger partial charge in [0.25, 0.3) is 0 Å². The maximum Gasteiger partial charge on any atom is 0.191 e. The standard InChI is InChI=1S/C17H29N5O/c1-4-18-17(20-15-11-14-6-7-16(15)23-14)19-8-5-9-22-13(3)10-12(2)21-22/h10,14-16H,4-9,11H2,1-3H3,(H2,18,19,20). The molecule has 1 aromatic heterocycles. The van der Waals surface area contributed by atoms with Crippen LogP contribution in [-0.2, 0) is 11.3 Å². The SMILES string of the molecule is CCNC(=NCCCn1nc(C)cc1C)NC1CC2CCC1O2. The van der Waals surface area contributed by atoms with E-state index in [1.165, 1.54) is 18.5 Å². The Morgan fingerprint density at radius 3 is 2.91 bits per heavy atom. The van der Waals surface area contributed by atoms with Crippen molar-refractivity contribution in [2.75, 3.05) is 13.1 Å². The summed E-state index contributed by atoms with van der Waals surface area (Å²) in [6.45, 7) is 8.83. The predicted molar refractivity (Wildman–Crippen MR) is 91.7 cm³/mol. The van der Waals surface area contributed by atoms with Gasteiger partial charge in [-0.05, 0) is 52.5 Å². The van der Waals surface area contributed by atoms with E-state index in [2.05, 4.69) is 40.3 Å². The molecule has 0 radical (unpaired) electrons. The third kappa shape index (κ3) is 4.05. The molecular weight excluding hydrogens is 290 g/mol. The number of ether oxygens (including phenoxy) is 1. The molecule has 2 bridgehead atoms. The summed E-state index contributed by atoms with van der Waals surface area (Å²) >= 11 is 0. The molecule has 2 aliphatic rings. The molecule has 0 aliphatic carbocycles. The van der Waals surface area contributed by atoms with Crippen molar-refractivity contribution in [2.45, 2.75) is 71.2 Å². The summed E-state index contributed by atoms with van der Waals surface area (Å²) in [5, 5.41) is 11.4. The molecule has 0 aromatic carbocycles. The summed E-state index contributed by atoms with van der Waals surface area (Å²) in [6.07, 6.45) is 5.34. The van der Waals surface area contributed by atoms with Gasteiger partial charge in [0.05, 0.1) is 23.9 Å². The smallest absolute Gasteiger partial charge is 0.191 e. The van der Waals surface area contributed by atoms with Crippen molar-refractivity contribution in [3.05, 3.63) is 17.5 Å². The molecule has 128 valence electrons. The van der Waals surface area contributed by atoms with Gasteiger partial charge in [0.15, 0.2) is 5.96 Å². The fourth-order valence-electron chi connectivity index (χ4n) is 3.60. The molecule has 2 N–H and O–H groups in total.